The maximum Gasteiger partial charge on any atom is 0.295 e. The van der Waals surface area contributed by atoms with Crippen molar-refractivity contribution in [3.05, 3.63) is 42.2 Å². The second kappa shape index (κ2) is 6.80. The van der Waals surface area contributed by atoms with Gasteiger partial charge in [0.2, 0.25) is 0 Å². The molecule has 1 rings (SSSR count). The van der Waals surface area contributed by atoms with Crippen molar-refractivity contribution in [3.63, 3.8) is 0 Å². The molecule has 0 saturated heterocycles. The van der Waals surface area contributed by atoms with Crippen LogP contribution in [-0.2, 0) is 0 Å². The Bertz CT molecular complexity index is 770. The van der Waals surface area contributed by atoms with Gasteiger partial charge in [-0.2, -0.15) is 15.8 Å². The molecule has 0 radical (unpaired) electrons. The molecule has 10 heteroatoms. The molecule has 0 aliphatic heterocycles. The lowest BCUT2D eigenvalue weighted by atomic mass is 10.2. The van der Waals surface area contributed by atoms with E-state index < -0.39 is 27.7 Å². The van der Waals surface area contributed by atoms with Gasteiger partial charge in [0, 0.05) is 6.07 Å². The topological polar surface area (TPSA) is 127 Å². The van der Waals surface area contributed by atoms with Crippen LogP contribution in [0, 0.1) is 49.9 Å². The smallest absolute Gasteiger partial charge is 0.295 e. The van der Waals surface area contributed by atoms with E-state index in [-0.39, 0.29) is 14.6 Å². The molecule has 21 heavy (non-hydrogen) atoms. The number of nitro benzene ring substituents is 1. The van der Waals surface area contributed by atoms with Crippen molar-refractivity contribution in [1.82, 2.24) is 0 Å². The molecule has 0 aromatic heterocycles. The maximum absolute atomic E-state index is 13.8. The third-order valence-corrected chi connectivity index (χ3v) is 3.50. The van der Waals surface area contributed by atoms with Crippen LogP contribution in [-0.4, -0.2) is 4.92 Å². The lowest BCUT2D eigenvalue weighted by Crippen LogP contribution is -2.05. The summed E-state index contributed by atoms with van der Waals surface area (Å²) in [6, 6.07) is 5.35. The molecule has 0 aliphatic carbocycles. The number of allylic oxidation sites excluding steroid dienone is 2. The minimum atomic E-state index is -0.837. The molecule has 1 aromatic rings. The van der Waals surface area contributed by atoms with E-state index in [9.17, 15) is 14.5 Å². The third kappa shape index (κ3) is 3.34. The van der Waals surface area contributed by atoms with Crippen LogP contribution in [0.3, 0.4) is 0 Å². The first kappa shape index (κ1) is 16.6. The van der Waals surface area contributed by atoms with Crippen molar-refractivity contribution in [2.75, 3.05) is 5.32 Å². The van der Waals surface area contributed by atoms with Gasteiger partial charge in [0.05, 0.1) is 13.9 Å². The molecule has 0 amide bonds. The van der Waals surface area contributed by atoms with Gasteiger partial charge in [0.1, 0.15) is 29.6 Å². The molecule has 104 valence electrons. The fourth-order valence-corrected chi connectivity index (χ4v) is 2.45. The lowest BCUT2D eigenvalue weighted by Gasteiger charge is -2.09. The van der Waals surface area contributed by atoms with Crippen molar-refractivity contribution < 1.29 is 9.31 Å². The molecule has 0 saturated carbocycles. The molecule has 0 bridgehead atoms. The molecule has 1 aromatic carbocycles. The van der Waals surface area contributed by atoms with Gasteiger partial charge in [-0.25, -0.2) is 4.39 Å². The standard InChI is InChI=1S/C11H2Br2FN5O2/c12-6-1-8(19(20)21)11(9(13)10(6)14)18-7(4-17)5(2-15)3-16/h1,18H. The number of benzene rings is 1. The highest BCUT2D eigenvalue weighted by Gasteiger charge is 2.24. The first-order valence-corrected chi connectivity index (χ1v) is 6.49. The quantitative estimate of drug-likeness (QED) is 0.349. The summed E-state index contributed by atoms with van der Waals surface area (Å²) in [5.74, 6) is -0.837. The number of hydrogen-bond donors (Lipinski definition) is 1. The molecule has 0 unspecified atom stereocenters. The Morgan fingerprint density at radius 2 is 1.86 bits per heavy atom. The number of rotatable bonds is 3. The van der Waals surface area contributed by atoms with E-state index in [4.69, 9.17) is 15.8 Å². The summed E-state index contributed by atoms with van der Waals surface area (Å²) < 4.78 is 13.3. The van der Waals surface area contributed by atoms with Gasteiger partial charge in [-0.05, 0) is 31.9 Å². The van der Waals surface area contributed by atoms with E-state index in [0.29, 0.717) is 0 Å². The molecule has 0 spiro atoms. The normalized spacial score (nSPS) is 8.95. The largest absolute Gasteiger partial charge is 0.339 e. The fourth-order valence-electron chi connectivity index (χ4n) is 1.25. The monoisotopic (exact) mass is 413 g/mol. The fraction of sp³-hybridized carbons (Fsp3) is 0. The van der Waals surface area contributed by atoms with Gasteiger partial charge in [-0.3, -0.25) is 10.1 Å². The van der Waals surface area contributed by atoms with E-state index in [2.05, 4.69) is 37.2 Å². The van der Waals surface area contributed by atoms with Gasteiger partial charge in [-0.1, -0.05) is 0 Å². The van der Waals surface area contributed by atoms with E-state index >= 15 is 0 Å². The number of hydrogen-bond acceptors (Lipinski definition) is 6. The second-order valence-corrected chi connectivity index (χ2v) is 5.00. The van der Waals surface area contributed by atoms with Crippen LogP contribution in [0.5, 0.6) is 0 Å². The molecule has 0 fully saturated rings. The van der Waals surface area contributed by atoms with Crippen LogP contribution in [0.15, 0.2) is 26.3 Å². The highest BCUT2D eigenvalue weighted by molar-refractivity contribution is 9.11. The lowest BCUT2D eigenvalue weighted by molar-refractivity contribution is -0.384. The van der Waals surface area contributed by atoms with Crippen LogP contribution in [0.2, 0.25) is 0 Å². The van der Waals surface area contributed by atoms with Gasteiger partial charge >= 0.3 is 0 Å². The Balaban J connectivity index is 3.60. The minimum Gasteiger partial charge on any atom is -0.339 e. The van der Waals surface area contributed by atoms with E-state index in [0.717, 1.165) is 6.07 Å². The summed E-state index contributed by atoms with van der Waals surface area (Å²) in [4.78, 5) is 10.2. The summed E-state index contributed by atoms with van der Waals surface area (Å²) in [6.45, 7) is 0. The van der Waals surface area contributed by atoms with Gasteiger partial charge < -0.3 is 5.32 Å². The van der Waals surface area contributed by atoms with Crippen LogP contribution >= 0.6 is 31.9 Å². The number of nitriles is 3. The molecule has 0 aliphatic rings. The first-order valence-electron chi connectivity index (χ1n) is 4.90. The number of nitrogens with one attached hydrogen (secondary N) is 1. The minimum absolute atomic E-state index is 0.157. The average molecular weight is 415 g/mol. The van der Waals surface area contributed by atoms with Crippen LogP contribution in [0.1, 0.15) is 0 Å². The number of anilines is 1. The van der Waals surface area contributed by atoms with Gasteiger partial charge in [0.25, 0.3) is 5.69 Å². The molecular formula is C11H2Br2FN5O2. The van der Waals surface area contributed by atoms with Crippen molar-refractivity contribution >= 4 is 43.2 Å². The molecule has 7 nitrogen and oxygen atoms in total. The van der Waals surface area contributed by atoms with Crippen LogP contribution in [0.4, 0.5) is 15.8 Å². The van der Waals surface area contributed by atoms with Crippen molar-refractivity contribution in [2.24, 2.45) is 0 Å². The summed E-state index contributed by atoms with van der Waals surface area (Å²) in [5, 5.41) is 39.5. The highest BCUT2D eigenvalue weighted by atomic mass is 79.9. The Labute approximate surface area is 134 Å². The Morgan fingerprint density at radius 1 is 1.29 bits per heavy atom. The molecular weight excluding hydrogens is 413 g/mol. The summed E-state index contributed by atoms with van der Waals surface area (Å²) in [6.07, 6.45) is 0. The first-order chi connectivity index (χ1) is 9.87. The Hall–Kier alpha value is -2.48. The van der Waals surface area contributed by atoms with Crippen molar-refractivity contribution in [3.8, 4) is 18.2 Å². The maximum atomic E-state index is 13.8. The predicted octanol–water partition coefficient (Wildman–Crippen LogP) is 3.50. The SMILES string of the molecule is N#CC(C#N)=C(C#N)Nc1c([N+](=O)[O-])cc(Br)c(F)c1Br. The van der Waals surface area contributed by atoms with Crippen LogP contribution < -0.4 is 5.32 Å². The zero-order valence-electron chi connectivity index (χ0n) is 9.82. The van der Waals surface area contributed by atoms with Crippen molar-refractivity contribution in [1.29, 1.82) is 15.8 Å². The van der Waals surface area contributed by atoms with Crippen LogP contribution in [0.25, 0.3) is 0 Å². The summed E-state index contributed by atoms with van der Waals surface area (Å²) in [7, 11) is 0. The van der Waals surface area contributed by atoms with Gasteiger partial charge in [0.15, 0.2) is 11.4 Å². The highest BCUT2D eigenvalue weighted by Crippen LogP contribution is 2.39. The van der Waals surface area contributed by atoms with Gasteiger partial charge in [-0.15, -0.1) is 0 Å². The molecule has 0 atom stereocenters. The number of halogens is 3. The summed E-state index contributed by atoms with van der Waals surface area (Å²) >= 11 is 5.65. The molecule has 0 heterocycles. The second-order valence-electron chi connectivity index (χ2n) is 3.35. The Morgan fingerprint density at radius 3 is 2.29 bits per heavy atom. The number of nitrogens with zero attached hydrogens (tertiary/aromatic N) is 4. The van der Waals surface area contributed by atoms with E-state index in [1.54, 1.807) is 0 Å². The number of nitro groups is 1. The van der Waals surface area contributed by atoms with E-state index in [1.165, 1.54) is 18.2 Å². The zero-order chi connectivity index (χ0) is 16.2. The van der Waals surface area contributed by atoms with E-state index in [1.807, 2.05) is 0 Å². The predicted molar refractivity (Wildman–Crippen MR) is 75.9 cm³/mol. The third-order valence-electron chi connectivity index (χ3n) is 2.17. The zero-order valence-corrected chi connectivity index (χ0v) is 13.0. The Kier molecular flexibility index (Phi) is 5.37. The van der Waals surface area contributed by atoms with Crippen molar-refractivity contribution in [2.45, 2.75) is 0 Å². The molecule has 1 N–H and O–H groups in total. The average Bonchev–Trinajstić information content (AvgIpc) is 2.46. The summed E-state index contributed by atoms with van der Waals surface area (Å²) in [5.41, 5.74) is -2.02.